The van der Waals surface area contributed by atoms with E-state index >= 15 is 0 Å². The Morgan fingerprint density at radius 3 is 1.56 bits per heavy atom. The molecule has 0 atom stereocenters. The fourth-order valence-electron chi connectivity index (χ4n) is 4.17. The Kier molecular flexibility index (Phi) is 16.4. The van der Waals surface area contributed by atoms with E-state index in [0.717, 1.165) is 11.8 Å². The summed E-state index contributed by atoms with van der Waals surface area (Å²) in [6.07, 6.45) is -4.34. The van der Waals surface area contributed by atoms with Crippen LogP contribution < -0.4 is 33.0 Å². The number of amides is 1. The number of rotatable bonds is 6. The highest BCUT2D eigenvalue weighted by Crippen LogP contribution is 2.32. The van der Waals surface area contributed by atoms with Gasteiger partial charge < -0.3 is 47.6 Å². The quantitative estimate of drug-likeness (QED) is 0.0794. The molecule has 0 saturated carbocycles. The first-order valence-electron chi connectivity index (χ1n) is 15.4. The maximum absolute atomic E-state index is 12.0. The second-order valence-corrected chi connectivity index (χ2v) is 10.6. The molecule has 1 amide bonds. The van der Waals surface area contributed by atoms with Crippen LogP contribution in [-0.2, 0) is 15.7 Å². The Labute approximate surface area is 308 Å². The van der Waals surface area contributed by atoms with E-state index in [-0.39, 0.29) is 28.3 Å². The topological polar surface area (TPSA) is 232 Å². The minimum atomic E-state index is -4.34. The first-order valence-corrected chi connectivity index (χ1v) is 15.4. The van der Waals surface area contributed by atoms with Crippen LogP contribution in [0.1, 0.15) is 47.0 Å². The minimum absolute atomic E-state index is 0.155. The maximum Gasteiger partial charge on any atom is 0.418 e. The summed E-state index contributed by atoms with van der Waals surface area (Å²) in [5, 5.41) is 11.3. The number of halogens is 3. The van der Waals surface area contributed by atoms with Crippen molar-refractivity contribution < 1.29 is 51.7 Å². The van der Waals surface area contributed by atoms with Gasteiger partial charge >= 0.3 is 24.1 Å². The van der Waals surface area contributed by atoms with Gasteiger partial charge in [0.1, 0.15) is 5.75 Å². The Hall–Kier alpha value is -7.23. The molecule has 0 bridgehead atoms. The number of esters is 2. The number of carbonyl (C=O) groups excluding carboxylic acids is 3. The molecular formula is C38H38F3N5O8. The zero-order valence-corrected chi connectivity index (χ0v) is 29.2. The monoisotopic (exact) mass is 749 g/mol. The van der Waals surface area contributed by atoms with Crippen molar-refractivity contribution in [3.63, 3.8) is 0 Å². The Balaban J connectivity index is 0.000000256. The van der Waals surface area contributed by atoms with Crippen molar-refractivity contribution in [3.05, 3.63) is 143 Å². The van der Waals surface area contributed by atoms with Gasteiger partial charge in [-0.05, 0) is 72.8 Å². The molecule has 0 aliphatic carbocycles. The standard InChI is InChI=1S/C14H14N2O2.C10H11NO4.C7H6F3N.C7H7NO2/c1-18-13-8-7-10(9-12(13)15)14(17)16-11-5-3-2-4-6-11;1-14-9(12)6-3-7(10(13)15-2)5-8(11)4-6;8-7(9,10)5-3-1-2-4-6(5)11;8-6-4-2-1-3-5(6)7(9)10/h2-9H,15H2,1H3,(H,16,17);3-5H,11H2,1-2H3;1-4H,11H2;1-4H,8H2,(H,9,10). The van der Waals surface area contributed by atoms with Crippen LogP contribution in [0, 0.1) is 0 Å². The van der Waals surface area contributed by atoms with Crippen LogP contribution in [0.25, 0.3) is 0 Å². The molecule has 13 nitrogen and oxygen atoms in total. The van der Waals surface area contributed by atoms with Crippen LogP contribution in [0.5, 0.6) is 5.75 Å². The van der Waals surface area contributed by atoms with Crippen molar-refractivity contribution in [2.45, 2.75) is 6.18 Å². The number of anilines is 5. The second kappa shape index (κ2) is 20.6. The van der Waals surface area contributed by atoms with E-state index in [1.165, 1.54) is 63.8 Å². The van der Waals surface area contributed by atoms with Gasteiger partial charge in [0.25, 0.3) is 5.91 Å². The molecule has 0 saturated heterocycles. The van der Waals surface area contributed by atoms with E-state index in [0.29, 0.717) is 28.4 Å². The average molecular weight is 750 g/mol. The van der Waals surface area contributed by atoms with Crippen LogP contribution in [0.4, 0.5) is 41.6 Å². The minimum Gasteiger partial charge on any atom is -0.495 e. The molecule has 54 heavy (non-hydrogen) atoms. The third kappa shape index (κ3) is 13.5. The SMILES string of the molecule is COC(=O)c1cc(N)cc(C(=O)OC)c1.COc1ccc(C(=O)Nc2ccccc2)cc1N.Nc1ccccc1C(=O)O.Nc1ccccc1C(F)(F)F. The molecule has 0 heterocycles. The van der Waals surface area contributed by atoms with Crippen LogP contribution in [0.3, 0.4) is 0 Å². The summed E-state index contributed by atoms with van der Waals surface area (Å²) in [4.78, 5) is 44.7. The van der Waals surface area contributed by atoms with Crippen molar-refractivity contribution >= 4 is 52.3 Å². The smallest absolute Gasteiger partial charge is 0.418 e. The second-order valence-electron chi connectivity index (χ2n) is 10.6. The van der Waals surface area contributed by atoms with Gasteiger partial charge in [0.2, 0.25) is 0 Å². The van der Waals surface area contributed by atoms with Gasteiger partial charge in [-0.15, -0.1) is 0 Å². The molecule has 0 aliphatic heterocycles. The predicted molar refractivity (Wildman–Crippen MR) is 199 cm³/mol. The van der Waals surface area contributed by atoms with Gasteiger partial charge in [-0.2, -0.15) is 13.2 Å². The molecule has 0 fully saturated rings. The lowest BCUT2D eigenvalue weighted by Gasteiger charge is -2.08. The molecule has 0 aromatic heterocycles. The highest BCUT2D eigenvalue weighted by atomic mass is 19.4. The molecule has 5 rings (SSSR count). The fraction of sp³-hybridized carbons (Fsp3) is 0.105. The van der Waals surface area contributed by atoms with Gasteiger partial charge in [-0.3, -0.25) is 4.79 Å². The first-order chi connectivity index (χ1) is 25.5. The number of para-hydroxylation sites is 3. The third-order valence-corrected chi connectivity index (χ3v) is 6.78. The molecular weight excluding hydrogens is 711 g/mol. The summed E-state index contributed by atoms with van der Waals surface area (Å²) in [5.41, 5.74) is 23.6. The molecule has 0 spiro atoms. The Morgan fingerprint density at radius 2 is 1.13 bits per heavy atom. The fourth-order valence-corrected chi connectivity index (χ4v) is 4.17. The largest absolute Gasteiger partial charge is 0.495 e. The van der Waals surface area contributed by atoms with Gasteiger partial charge in [0.05, 0.1) is 49.3 Å². The third-order valence-electron chi connectivity index (χ3n) is 6.78. The van der Waals surface area contributed by atoms with Gasteiger partial charge in [-0.25, -0.2) is 14.4 Å². The van der Waals surface area contributed by atoms with Crippen molar-refractivity contribution in [1.82, 2.24) is 0 Å². The van der Waals surface area contributed by atoms with Crippen LogP contribution in [-0.4, -0.2) is 50.3 Å². The van der Waals surface area contributed by atoms with E-state index in [9.17, 15) is 32.3 Å². The summed E-state index contributed by atoms with van der Waals surface area (Å²) >= 11 is 0. The zero-order chi connectivity index (χ0) is 40.4. The van der Waals surface area contributed by atoms with E-state index in [1.54, 1.807) is 36.4 Å². The van der Waals surface area contributed by atoms with Crippen LogP contribution >= 0.6 is 0 Å². The number of nitrogen functional groups attached to an aromatic ring is 4. The van der Waals surface area contributed by atoms with Crippen molar-refractivity contribution in [1.29, 1.82) is 0 Å². The zero-order valence-electron chi connectivity index (χ0n) is 29.2. The maximum atomic E-state index is 12.0. The number of nitrogens with two attached hydrogens (primary N) is 4. The van der Waals surface area contributed by atoms with E-state index in [2.05, 4.69) is 14.8 Å². The number of methoxy groups -OCH3 is 3. The summed E-state index contributed by atoms with van der Waals surface area (Å²) in [6, 6.07) is 29.7. The Bertz CT molecular complexity index is 2010. The molecule has 284 valence electrons. The average Bonchev–Trinajstić information content (AvgIpc) is 3.14. The number of hydrogen-bond donors (Lipinski definition) is 6. The highest BCUT2D eigenvalue weighted by molar-refractivity contribution is 6.05. The first kappa shape index (κ1) is 42.9. The van der Waals surface area contributed by atoms with E-state index in [1.807, 2.05) is 30.3 Å². The number of aromatic carboxylic acids is 1. The lowest BCUT2D eigenvalue weighted by atomic mass is 10.1. The molecule has 10 N–H and O–H groups in total. The van der Waals surface area contributed by atoms with Gasteiger partial charge in [-0.1, -0.05) is 42.5 Å². The number of hydrogen-bond acceptors (Lipinski definition) is 11. The summed E-state index contributed by atoms with van der Waals surface area (Å²) in [7, 11) is 4.04. The highest BCUT2D eigenvalue weighted by Gasteiger charge is 2.32. The molecule has 0 aliphatic rings. The number of ether oxygens (including phenoxy) is 3. The van der Waals surface area contributed by atoms with Crippen LogP contribution in [0.15, 0.2) is 115 Å². The summed E-state index contributed by atoms with van der Waals surface area (Å²) in [5.74, 6) is -1.72. The van der Waals surface area contributed by atoms with E-state index < -0.39 is 29.6 Å². The van der Waals surface area contributed by atoms with Crippen molar-refractivity contribution in [2.24, 2.45) is 0 Å². The van der Waals surface area contributed by atoms with E-state index in [4.69, 9.17) is 32.8 Å². The molecule has 5 aromatic rings. The van der Waals surface area contributed by atoms with Crippen molar-refractivity contribution in [2.75, 3.05) is 49.6 Å². The van der Waals surface area contributed by atoms with Gasteiger partial charge in [0.15, 0.2) is 0 Å². The summed E-state index contributed by atoms with van der Waals surface area (Å²) < 4.78 is 50.0. The molecule has 0 unspecified atom stereocenters. The van der Waals surface area contributed by atoms with Gasteiger partial charge in [0, 0.05) is 28.3 Å². The molecule has 5 aromatic carbocycles. The number of carbonyl (C=O) groups is 4. The summed E-state index contributed by atoms with van der Waals surface area (Å²) in [6.45, 7) is 0. The Morgan fingerprint density at radius 1 is 0.611 bits per heavy atom. The lowest BCUT2D eigenvalue weighted by molar-refractivity contribution is -0.136. The molecule has 16 heteroatoms. The normalized spacial score (nSPS) is 9.96. The van der Waals surface area contributed by atoms with Crippen molar-refractivity contribution in [3.8, 4) is 5.75 Å². The number of carboxylic acids is 1. The number of nitrogens with one attached hydrogen (secondary N) is 1. The molecule has 0 radical (unpaired) electrons. The predicted octanol–water partition coefficient (Wildman–Crippen LogP) is 6.63. The number of alkyl halides is 3. The lowest BCUT2D eigenvalue weighted by Crippen LogP contribution is -2.12. The number of carboxylic acid groups (broad SMARTS) is 1. The van der Waals surface area contributed by atoms with Crippen LogP contribution in [0.2, 0.25) is 0 Å². The number of benzene rings is 5.